The Morgan fingerprint density at radius 1 is 1.05 bits per heavy atom. The summed E-state index contributed by atoms with van der Waals surface area (Å²) in [7, 11) is 4.02. The highest BCUT2D eigenvalue weighted by atomic mass is 32.1. The van der Waals surface area contributed by atoms with Crippen LogP contribution in [0.2, 0.25) is 0 Å². The first-order valence-electron chi connectivity index (χ1n) is 11.5. The fourth-order valence-corrected chi connectivity index (χ4v) is 4.15. The fraction of sp³-hybridized carbons (Fsp3) is 0.333. The summed E-state index contributed by atoms with van der Waals surface area (Å²) in [5.74, 6) is -0.658. The molecule has 3 N–H and O–H groups in total. The number of alkyl halides is 2. The standard InChI is InChI=1S/C24H26F2N6O4S/c1-32(2)10-4-3-8-28-22(33)17-11-15(7-9-27-17)13-29-21-20(37-14-30-21)23(34)31-16-5-6-18-19(12-16)36-24(25,26)35-18/h5-7,9,11-12,14,29H,3-4,8,10,13H2,1-2H3,(H,28,33)(H,31,34). The van der Waals surface area contributed by atoms with Gasteiger partial charge in [0.25, 0.3) is 11.8 Å². The zero-order valence-corrected chi connectivity index (χ0v) is 21.0. The van der Waals surface area contributed by atoms with E-state index in [0.29, 0.717) is 29.5 Å². The number of hydrogen-bond acceptors (Lipinski definition) is 9. The maximum atomic E-state index is 13.2. The molecule has 196 valence electrons. The highest BCUT2D eigenvalue weighted by Crippen LogP contribution is 2.42. The van der Waals surface area contributed by atoms with E-state index in [1.807, 2.05) is 14.1 Å². The summed E-state index contributed by atoms with van der Waals surface area (Å²) in [5.41, 5.74) is 2.86. The molecule has 0 fully saturated rings. The van der Waals surface area contributed by atoms with Gasteiger partial charge in [-0.05, 0) is 63.3 Å². The van der Waals surface area contributed by atoms with Crippen LogP contribution in [0.1, 0.15) is 38.6 Å². The molecule has 1 aliphatic rings. The Hall–Kier alpha value is -3.84. The van der Waals surface area contributed by atoms with Gasteiger partial charge in [0.2, 0.25) is 0 Å². The molecule has 0 unspecified atom stereocenters. The molecule has 2 aromatic heterocycles. The minimum absolute atomic E-state index is 0.113. The predicted molar refractivity (Wildman–Crippen MR) is 134 cm³/mol. The summed E-state index contributed by atoms with van der Waals surface area (Å²) in [5, 5.41) is 8.61. The van der Waals surface area contributed by atoms with Gasteiger partial charge in [-0.2, -0.15) is 0 Å². The molecule has 0 radical (unpaired) electrons. The van der Waals surface area contributed by atoms with Crippen LogP contribution >= 0.6 is 11.3 Å². The number of halogens is 2. The largest absolute Gasteiger partial charge is 0.586 e. The molecule has 1 aromatic carbocycles. The minimum atomic E-state index is -3.74. The molecule has 1 aliphatic heterocycles. The highest BCUT2D eigenvalue weighted by molar-refractivity contribution is 7.12. The number of ether oxygens (including phenoxy) is 2. The average molecular weight is 533 g/mol. The van der Waals surface area contributed by atoms with Crippen molar-refractivity contribution in [2.75, 3.05) is 37.8 Å². The van der Waals surface area contributed by atoms with E-state index in [1.165, 1.54) is 23.7 Å². The lowest BCUT2D eigenvalue weighted by Gasteiger charge is -2.10. The number of pyridine rings is 1. The second-order valence-corrected chi connectivity index (χ2v) is 9.34. The van der Waals surface area contributed by atoms with Crippen molar-refractivity contribution >= 4 is 34.7 Å². The van der Waals surface area contributed by atoms with E-state index >= 15 is 0 Å². The maximum absolute atomic E-state index is 13.2. The van der Waals surface area contributed by atoms with Crippen LogP contribution in [0.15, 0.2) is 42.0 Å². The van der Waals surface area contributed by atoms with Gasteiger partial charge in [-0.25, -0.2) is 4.98 Å². The van der Waals surface area contributed by atoms with Gasteiger partial charge < -0.3 is 30.3 Å². The van der Waals surface area contributed by atoms with Crippen molar-refractivity contribution in [3.8, 4) is 11.5 Å². The van der Waals surface area contributed by atoms with Crippen molar-refractivity contribution in [1.82, 2.24) is 20.2 Å². The number of benzene rings is 1. The van der Waals surface area contributed by atoms with Gasteiger partial charge in [-0.1, -0.05) is 0 Å². The average Bonchev–Trinajstić information content (AvgIpc) is 3.44. The van der Waals surface area contributed by atoms with Crippen molar-refractivity contribution in [2.24, 2.45) is 0 Å². The Morgan fingerprint density at radius 3 is 2.68 bits per heavy atom. The summed E-state index contributed by atoms with van der Waals surface area (Å²) < 4.78 is 35.3. The van der Waals surface area contributed by atoms with Crippen LogP contribution in [-0.4, -0.2) is 60.2 Å². The molecule has 2 amide bonds. The molecule has 4 rings (SSSR count). The van der Waals surface area contributed by atoms with Crippen LogP contribution in [0.5, 0.6) is 11.5 Å². The highest BCUT2D eigenvalue weighted by Gasteiger charge is 2.43. The number of nitrogens with one attached hydrogen (secondary N) is 3. The lowest BCUT2D eigenvalue weighted by atomic mass is 10.2. The van der Waals surface area contributed by atoms with Crippen LogP contribution in [-0.2, 0) is 6.54 Å². The Morgan fingerprint density at radius 2 is 1.86 bits per heavy atom. The van der Waals surface area contributed by atoms with E-state index in [0.717, 1.165) is 36.3 Å². The summed E-state index contributed by atoms with van der Waals surface area (Å²) in [6.45, 7) is 1.83. The number of rotatable bonds is 11. The van der Waals surface area contributed by atoms with Crippen molar-refractivity contribution < 1.29 is 27.8 Å². The summed E-state index contributed by atoms with van der Waals surface area (Å²) in [6, 6.07) is 7.42. The van der Waals surface area contributed by atoms with Gasteiger partial charge >= 0.3 is 6.29 Å². The normalized spacial score (nSPS) is 13.4. The third-order valence-corrected chi connectivity index (χ3v) is 6.09. The molecule has 3 aromatic rings. The molecule has 0 spiro atoms. The van der Waals surface area contributed by atoms with E-state index in [9.17, 15) is 18.4 Å². The zero-order valence-electron chi connectivity index (χ0n) is 20.2. The second-order valence-electron chi connectivity index (χ2n) is 8.48. The molecule has 0 aliphatic carbocycles. The third kappa shape index (κ3) is 7.11. The predicted octanol–water partition coefficient (Wildman–Crippen LogP) is 3.80. The molecule has 37 heavy (non-hydrogen) atoms. The third-order valence-electron chi connectivity index (χ3n) is 5.27. The Labute approximate surface area is 216 Å². The van der Waals surface area contributed by atoms with E-state index in [4.69, 9.17) is 0 Å². The second kappa shape index (κ2) is 11.5. The number of unbranched alkanes of at least 4 members (excludes halogenated alkanes) is 1. The number of amides is 2. The number of hydrogen-bond donors (Lipinski definition) is 3. The molecule has 0 saturated heterocycles. The molecular weight excluding hydrogens is 506 g/mol. The van der Waals surface area contributed by atoms with Gasteiger partial charge in [-0.15, -0.1) is 20.1 Å². The minimum Gasteiger partial charge on any atom is -0.395 e. The Balaban J connectivity index is 1.31. The fourth-order valence-electron chi connectivity index (χ4n) is 3.49. The van der Waals surface area contributed by atoms with Crippen molar-refractivity contribution in [1.29, 1.82) is 0 Å². The van der Waals surface area contributed by atoms with Crippen LogP contribution in [0.4, 0.5) is 20.3 Å². The van der Waals surface area contributed by atoms with E-state index < -0.39 is 12.2 Å². The van der Waals surface area contributed by atoms with Crippen LogP contribution in [0.25, 0.3) is 0 Å². The first-order valence-corrected chi connectivity index (χ1v) is 12.3. The lowest BCUT2D eigenvalue weighted by molar-refractivity contribution is -0.286. The first kappa shape index (κ1) is 26.2. The number of carbonyl (C=O) groups excluding carboxylic acids is 2. The quantitative estimate of drug-likeness (QED) is 0.319. The lowest BCUT2D eigenvalue weighted by Crippen LogP contribution is -2.26. The Bertz CT molecular complexity index is 1270. The summed E-state index contributed by atoms with van der Waals surface area (Å²) in [4.78, 5) is 36.0. The van der Waals surface area contributed by atoms with Gasteiger partial charge in [0.1, 0.15) is 16.4 Å². The van der Waals surface area contributed by atoms with Crippen molar-refractivity contribution in [2.45, 2.75) is 25.7 Å². The molecule has 3 heterocycles. The molecule has 0 saturated carbocycles. The van der Waals surface area contributed by atoms with Gasteiger partial charge in [0.15, 0.2) is 11.5 Å². The number of anilines is 2. The molecule has 10 nitrogen and oxygen atoms in total. The number of nitrogens with zero attached hydrogens (tertiary/aromatic N) is 3. The topological polar surface area (TPSA) is 118 Å². The molecule has 0 atom stereocenters. The smallest absolute Gasteiger partial charge is 0.395 e. The van der Waals surface area contributed by atoms with Gasteiger partial charge in [0.05, 0.1) is 5.51 Å². The van der Waals surface area contributed by atoms with E-state index in [2.05, 4.69) is 40.3 Å². The number of aromatic nitrogens is 2. The van der Waals surface area contributed by atoms with Gasteiger partial charge in [0, 0.05) is 31.0 Å². The molecule has 0 bridgehead atoms. The Kier molecular flexibility index (Phi) is 8.14. The van der Waals surface area contributed by atoms with Gasteiger partial charge in [-0.3, -0.25) is 14.6 Å². The number of carbonyl (C=O) groups is 2. The monoisotopic (exact) mass is 532 g/mol. The zero-order chi connectivity index (χ0) is 26.4. The van der Waals surface area contributed by atoms with Crippen LogP contribution in [0, 0.1) is 0 Å². The molecule has 13 heteroatoms. The first-order chi connectivity index (χ1) is 17.7. The van der Waals surface area contributed by atoms with E-state index in [-0.39, 0.29) is 23.1 Å². The number of thiazole rings is 1. The maximum Gasteiger partial charge on any atom is 0.586 e. The van der Waals surface area contributed by atoms with Crippen molar-refractivity contribution in [3.05, 3.63) is 58.2 Å². The SMILES string of the molecule is CN(C)CCCCNC(=O)c1cc(CNc2ncsc2C(=O)Nc2ccc3c(c2)OC(F)(F)O3)ccn1. The van der Waals surface area contributed by atoms with E-state index in [1.54, 1.807) is 18.3 Å². The summed E-state index contributed by atoms with van der Waals surface area (Å²) >= 11 is 1.12. The summed E-state index contributed by atoms with van der Waals surface area (Å²) in [6.07, 6.45) is -0.327. The van der Waals surface area contributed by atoms with Crippen molar-refractivity contribution in [3.63, 3.8) is 0 Å². The van der Waals surface area contributed by atoms with Crippen LogP contribution < -0.4 is 25.4 Å². The number of fused-ring (bicyclic) bond motifs is 1. The molecular formula is C24H26F2N6O4S. The van der Waals surface area contributed by atoms with Crippen LogP contribution in [0.3, 0.4) is 0 Å².